The molecule has 2 heterocycles. The summed E-state index contributed by atoms with van der Waals surface area (Å²) in [6, 6.07) is 4.95. The Hall–Kier alpha value is -2.58. The first-order chi connectivity index (χ1) is 13.5. The summed E-state index contributed by atoms with van der Waals surface area (Å²) in [6.45, 7) is 3.65. The number of esters is 1. The van der Waals surface area contributed by atoms with Gasteiger partial charge < -0.3 is 24.4 Å². The number of nitrogens with zero attached hydrogens (tertiary/aromatic N) is 1. The van der Waals surface area contributed by atoms with Gasteiger partial charge in [0.05, 0.1) is 26.4 Å². The van der Waals surface area contributed by atoms with E-state index in [0.717, 1.165) is 30.0 Å². The van der Waals surface area contributed by atoms with Gasteiger partial charge in [-0.25, -0.2) is 4.79 Å². The third-order valence-corrected chi connectivity index (χ3v) is 5.70. The molecule has 0 saturated heterocycles. The van der Waals surface area contributed by atoms with Crippen LogP contribution in [0, 0.1) is 0 Å². The van der Waals surface area contributed by atoms with Gasteiger partial charge in [0.2, 0.25) is 0 Å². The van der Waals surface area contributed by atoms with Gasteiger partial charge in [-0.15, -0.1) is 11.3 Å². The van der Waals surface area contributed by atoms with Gasteiger partial charge in [0.1, 0.15) is 16.5 Å². The molecule has 2 aromatic rings. The monoisotopic (exact) mass is 404 g/mol. The lowest BCUT2D eigenvalue weighted by Gasteiger charge is -2.22. The molecule has 1 aromatic carbocycles. The Balaban J connectivity index is 1.95. The summed E-state index contributed by atoms with van der Waals surface area (Å²) in [5.41, 5.74) is 1.83. The van der Waals surface area contributed by atoms with Crippen molar-refractivity contribution < 1.29 is 23.8 Å². The maximum Gasteiger partial charge on any atom is 0.341 e. The number of rotatable bonds is 6. The molecule has 1 aliphatic heterocycles. The molecule has 1 N–H and O–H groups in total. The van der Waals surface area contributed by atoms with Crippen LogP contribution in [0.1, 0.15) is 38.1 Å². The van der Waals surface area contributed by atoms with Gasteiger partial charge in [-0.2, -0.15) is 0 Å². The normalized spacial score (nSPS) is 13.6. The molecule has 0 radical (unpaired) electrons. The quantitative estimate of drug-likeness (QED) is 0.745. The lowest BCUT2D eigenvalue weighted by Crippen LogP contribution is -2.26. The lowest BCUT2D eigenvalue weighted by molar-refractivity contribution is 0.0526. The number of ether oxygens (including phenoxy) is 3. The molecule has 0 aliphatic carbocycles. The number of hydrogen-bond donors (Lipinski definition) is 1. The van der Waals surface area contributed by atoms with Gasteiger partial charge in [-0.3, -0.25) is 4.79 Å². The van der Waals surface area contributed by atoms with Crippen LogP contribution < -0.4 is 14.8 Å². The molecule has 150 valence electrons. The van der Waals surface area contributed by atoms with Crippen LogP contribution in [0.3, 0.4) is 0 Å². The molecule has 3 rings (SSSR count). The molecule has 0 bridgehead atoms. The smallest absolute Gasteiger partial charge is 0.341 e. The second-order valence-corrected chi connectivity index (χ2v) is 7.58. The van der Waals surface area contributed by atoms with Crippen LogP contribution >= 0.6 is 11.3 Å². The fraction of sp³-hybridized carbons (Fsp3) is 0.400. The van der Waals surface area contributed by atoms with Crippen molar-refractivity contribution in [1.29, 1.82) is 0 Å². The van der Waals surface area contributed by atoms with E-state index in [1.807, 2.05) is 7.05 Å². The zero-order valence-electron chi connectivity index (χ0n) is 16.5. The van der Waals surface area contributed by atoms with Crippen LogP contribution in [0.15, 0.2) is 18.2 Å². The number of methoxy groups -OCH3 is 2. The minimum atomic E-state index is -0.400. The number of likely N-dealkylation sites (N-methyl/N-ethyl adjacent to an activating group) is 1. The summed E-state index contributed by atoms with van der Waals surface area (Å²) < 4.78 is 15.7. The van der Waals surface area contributed by atoms with Crippen LogP contribution in [0.5, 0.6) is 11.5 Å². The fourth-order valence-corrected chi connectivity index (χ4v) is 4.46. The van der Waals surface area contributed by atoms with Crippen molar-refractivity contribution in [3.63, 3.8) is 0 Å². The Bertz CT molecular complexity index is 871. The molecular formula is C20H24N2O5S. The van der Waals surface area contributed by atoms with Crippen molar-refractivity contribution in [3.05, 3.63) is 39.8 Å². The topological polar surface area (TPSA) is 77.1 Å². The highest BCUT2D eigenvalue weighted by molar-refractivity contribution is 7.17. The van der Waals surface area contributed by atoms with Crippen molar-refractivity contribution in [3.8, 4) is 11.5 Å². The van der Waals surface area contributed by atoms with Crippen LogP contribution in [-0.2, 0) is 17.7 Å². The number of hydrogen-bond acceptors (Lipinski definition) is 7. The number of amides is 1. The predicted molar refractivity (Wildman–Crippen MR) is 108 cm³/mol. The van der Waals surface area contributed by atoms with Gasteiger partial charge in [-0.1, -0.05) is 0 Å². The van der Waals surface area contributed by atoms with Gasteiger partial charge in [0.25, 0.3) is 5.91 Å². The first kappa shape index (κ1) is 20.2. The van der Waals surface area contributed by atoms with Crippen LogP contribution in [0.25, 0.3) is 0 Å². The summed E-state index contributed by atoms with van der Waals surface area (Å²) in [6.07, 6.45) is 0.749. The van der Waals surface area contributed by atoms with E-state index in [4.69, 9.17) is 14.2 Å². The minimum absolute atomic E-state index is 0.282. The molecule has 28 heavy (non-hydrogen) atoms. The van der Waals surface area contributed by atoms with Gasteiger partial charge in [-0.05, 0) is 38.1 Å². The summed E-state index contributed by atoms with van der Waals surface area (Å²) in [7, 11) is 5.09. The van der Waals surface area contributed by atoms with Crippen LogP contribution in [0.2, 0.25) is 0 Å². The number of nitrogens with one attached hydrogen (secondary N) is 1. The zero-order valence-corrected chi connectivity index (χ0v) is 17.3. The molecule has 0 atom stereocenters. The Morgan fingerprint density at radius 2 is 1.86 bits per heavy atom. The maximum atomic E-state index is 12.9. The number of fused-ring (bicyclic) bond motifs is 1. The van der Waals surface area contributed by atoms with E-state index >= 15 is 0 Å². The number of carbonyl (C=O) groups is 2. The fourth-order valence-electron chi connectivity index (χ4n) is 3.15. The molecule has 0 spiro atoms. The molecule has 0 unspecified atom stereocenters. The van der Waals surface area contributed by atoms with E-state index in [9.17, 15) is 9.59 Å². The first-order valence-corrected chi connectivity index (χ1v) is 9.83. The van der Waals surface area contributed by atoms with Gasteiger partial charge in [0.15, 0.2) is 0 Å². The third-order valence-electron chi connectivity index (χ3n) is 4.57. The van der Waals surface area contributed by atoms with Crippen molar-refractivity contribution in [2.24, 2.45) is 0 Å². The number of benzene rings is 1. The third kappa shape index (κ3) is 4.13. The number of carbonyl (C=O) groups excluding carboxylic acids is 2. The van der Waals surface area contributed by atoms with Crippen LogP contribution in [0.4, 0.5) is 5.00 Å². The Kier molecular flexibility index (Phi) is 6.21. The molecule has 0 fully saturated rings. The maximum absolute atomic E-state index is 12.9. The van der Waals surface area contributed by atoms with E-state index in [1.54, 1.807) is 25.1 Å². The highest BCUT2D eigenvalue weighted by Crippen LogP contribution is 2.38. The molecule has 1 amide bonds. The van der Waals surface area contributed by atoms with Gasteiger partial charge >= 0.3 is 5.97 Å². The Labute approximate surface area is 168 Å². The Morgan fingerprint density at radius 1 is 1.18 bits per heavy atom. The summed E-state index contributed by atoms with van der Waals surface area (Å²) in [5.74, 6) is 0.294. The Morgan fingerprint density at radius 3 is 2.46 bits per heavy atom. The molecular weight excluding hydrogens is 380 g/mol. The largest absolute Gasteiger partial charge is 0.497 e. The second-order valence-electron chi connectivity index (χ2n) is 6.47. The minimum Gasteiger partial charge on any atom is -0.497 e. The molecule has 8 heteroatoms. The lowest BCUT2D eigenvalue weighted by atomic mass is 10.0. The average Bonchev–Trinajstić information content (AvgIpc) is 3.04. The molecule has 1 aromatic heterocycles. The predicted octanol–water partition coefficient (Wildman–Crippen LogP) is 3.18. The zero-order chi connectivity index (χ0) is 20.3. The van der Waals surface area contributed by atoms with E-state index < -0.39 is 5.97 Å². The number of anilines is 1. The average molecular weight is 404 g/mol. The molecule has 1 aliphatic rings. The van der Waals surface area contributed by atoms with Crippen LogP contribution in [-0.4, -0.2) is 51.2 Å². The van der Waals surface area contributed by atoms with Crippen molar-refractivity contribution in [2.45, 2.75) is 19.9 Å². The molecule has 7 nitrogen and oxygen atoms in total. The summed E-state index contributed by atoms with van der Waals surface area (Å²) in [5, 5.41) is 3.41. The SMILES string of the molecule is CCOC(=O)c1c(NC(=O)c2cc(OC)cc(OC)c2)sc2c1CCN(C)C2. The second kappa shape index (κ2) is 8.62. The first-order valence-electron chi connectivity index (χ1n) is 9.01. The number of thiophene rings is 1. The highest BCUT2D eigenvalue weighted by atomic mass is 32.1. The standard InChI is InChI=1S/C20H24N2O5S/c1-5-27-20(24)17-15-6-7-22(2)11-16(15)28-19(17)21-18(23)12-8-13(25-3)10-14(9-12)26-4/h8-10H,5-7,11H2,1-4H3,(H,21,23). The highest BCUT2D eigenvalue weighted by Gasteiger charge is 2.29. The van der Waals surface area contributed by atoms with E-state index in [2.05, 4.69) is 10.2 Å². The van der Waals surface area contributed by atoms with Crippen molar-refractivity contribution in [2.75, 3.05) is 39.7 Å². The summed E-state index contributed by atoms with van der Waals surface area (Å²) >= 11 is 1.43. The van der Waals surface area contributed by atoms with Crippen molar-refractivity contribution in [1.82, 2.24) is 4.90 Å². The molecule has 0 saturated carbocycles. The van der Waals surface area contributed by atoms with Gasteiger partial charge in [0, 0.05) is 29.6 Å². The summed E-state index contributed by atoms with van der Waals surface area (Å²) in [4.78, 5) is 28.7. The van der Waals surface area contributed by atoms with Crippen molar-refractivity contribution >= 4 is 28.2 Å². The van der Waals surface area contributed by atoms with E-state index in [1.165, 1.54) is 25.6 Å². The van der Waals surface area contributed by atoms with E-state index in [-0.39, 0.29) is 12.5 Å². The van der Waals surface area contributed by atoms with E-state index in [0.29, 0.717) is 27.6 Å².